The van der Waals surface area contributed by atoms with Crippen LogP contribution in [0.4, 0.5) is 0 Å². The fourth-order valence-corrected chi connectivity index (χ4v) is 5.00. The molecule has 3 aliphatic rings. The summed E-state index contributed by atoms with van der Waals surface area (Å²) in [6.07, 6.45) is 0.540. The first-order valence-electron chi connectivity index (χ1n) is 9.04. The second kappa shape index (κ2) is 11.4. The van der Waals surface area contributed by atoms with Crippen LogP contribution in [0.25, 0.3) is 0 Å². The van der Waals surface area contributed by atoms with Crippen molar-refractivity contribution in [1.29, 1.82) is 0 Å². The lowest BCUT2D eigenvalue weighted by molar-refractivity contribution is -0.769. The molecule has 3 saturated heterocycles. The van der Waals surface area contributed by atoms with E-state index in [1.807, 2.05) is 11.6 Å². The molecule has 0 bridgehead atoms. The van der Waals surface area contributed by atoms with Crippen molar-refractivity contribution in [1.82, 2.24) is 10.6 Å². The highest BCUT2D eigenvalue weighted by molar-refractivity contribution is 7.99. The van der Waals surface area contributed by atoms with Crippen LogP contribution in [0.5, 0.6) is 0 Å². The molecule has 0 aromatic carbocycles. The molecular weight excluding hydrogens is 448 g/mol. The summed E-state index contributed by atoms with van der Waals surface area (Å²) in [7, 11) is 0. The summed E-state index contributed by atoms with van der Waals surface area (Å²) in [6.45, 7) is 0.208. The van der Waals surface area contributed by atoms with Gasteiger partial charge in [-0.1, -0.05) is 11.8 Å². The molecule has 0 aliphatic carbocycles. The average Bonchev–Trinajstić information content (AvgIpc) is 3.38. The van der Waals surface area contributed by atoms with Crippen molar-refractivity contribution < 1.29 is 46.7 Å². The Kier molecular flexibility index (Phi) is 9.56. The zero-order valence-electron chi connectivity index (χ0n) is 15.8. The van der Waals surface area contributed by atoms with Crippen LogP contribution in [0, 0.1) is 10.1 Å². The molecule has 0 aromatic rings. The molecule has 166 valence electrons. The largest absolute Gasteiger partial charge is 1.00 e. The van der Waals surface area contributed by atoms with Gasteiger partial charge < -0.3 is 42.7 Å². The number of quaternary nitrogens is 1. The van der Waals surface area contributed by atoms with Crippen molar-refractivity contribution in [2.24, 2.45) is 0 Å². The molecule has 3 heterocycles. The molecule has 29 heavy (non-hydrogen) atoms. The first-order valence-corrected chi connectivity index (χ1v) is 11.6. The third-order valence-electron chi connectivity index (χ3n) is 4.93. The monoisotopic (exact) mass is 472 g/mol. The van der Waals surface area contributed by atoms with Crippen molar-refractivity contribution in [2.45, 2.75) is 42.9 Å². The van der Waals surface area contributed by atoms with E-state index < -0.39 is 35.5 Å². The molecule has 3 rings (SSSR count). The molecule has 11 nitrogen and oxygen atoms in total. The van der Waals surface area contributed by atoms with Crippen LogP contribution in [-0.4, -0.2) is 90.2 Å². The highest BCUT2D eigenvalue weighted by Gasteiger charge is 2.50. The van der Waals surface area contributed by atoms with E-state index >= 15 is 0 Å². The Labute approximate surface area is 182 Å². The van der Waals surface area contributed by atoms with Crippen molar-refractivity contribution >= 4 is 35.3 Å². The lowest BCUT2D eigenvalue weighted by Crippen LogP contribution is -3.00. The molecule has 3 fully saturated rings. The Morgan fingerprint density at radius 3 is 2.79 bits per heavy atom. The van der Waals surface area contributed by atoms with E-state index in [0.717, 1.165) is 17.4 Å². The van der Waals surface area contributed by atoms with Crippen LogP contribution < -0.4 is 28.4 Å². The second-order valence-corrected chi connectivity index (χ2v) is 8.86. The number of hydrogen-bond acceptors (Lipinski definition) is 9. The van der Waals surface area contributed by atoms with Gasteiger partial charge in [-0.3, -0.25) is 9.59 Å². The van der Waals surface area contributed by atoms with Crippen LogP contribution in [0.1, 0.15) is 6.42 Å². The van der Waals surface area contributed by atoms with E-state index in [-0.39, 0.29) is 43.5 Å². The minimum Gasteiger partial charge on any atom is -1.00 e. The van der Waals surface area contributed by atoms with Gasteiger partial charge in [-0.2, -0.15) is 11.8 Å². The Morgan fingerprint density at radius 1 is 1.38 bits per heavy atom. The minimum atomic E-state index is -0.863. The zero-order valence-corrected chi connectivity index (χ0v) is 18.2. The summed E-state index contributed by atoms with van der Waals surface area (Å²) in [5.41, 5.74) is 0. The van der Waals surface area contributed by atoms with Gasteiger partial charge in [-0.05, 0) is 18.4 Å². The van der Waals surface area contributed by atoms with Gasteiger partial charge in [0.25, 0.3) is 11.0 Å². The molecule has 6 atom stereocenters. The number of nitrogens with one attached hydrogen (secondary N) is 2. The van der Waals surface area contributed by atoms with E-state index in [1.54, 1.807) is 23.5 Å². The first kappa shape index (κ1) is 24.3. The summed E-state index contributed by atoms with van der Waals surface area (Å²) in [5, 5.41) is 17.4. The van der Waals surface area contributed by atoms with Gasteiger partial charge in [0.1, 0.15) is 24.1 Å². The number of nitrogens with zero attached hydrogens (tertiary/aromatic N) is 1. The molecule has 0 saturated carbocycles. The lowest BCUT2D eigenvalue weighted by atomic mass is 10.1. The van der Waals surface area contributed by atoms with Gasteiger partial charge in [0.15, 0.2) is 12.1 Å². The maximum atomic E-state index is 12.8. The lowest BCUT2D eigenvalue weighted by Gasteiger charge is -2.23. The Morgan fingerprint density at radius 2 is 2.14 bits per heavy atom. The molecule has 14 heteroatoms. The van der Waals surface area contributed by atoms with Crippen molar-refractivity contribution in [3.8, 4) is 0 Å². The summed E-state index contributed by atoms with van der Waals surface area (Å²) >= 11 is 3.29. The third kappa shape index (κ3) is 6.25. The highest BCUT2D eigenvalue weighted by atomic mass is 35.5. The number of fused-ring (bicyclic) bond motifs is 1. The fraction of sp³-hybridized carbons (Fsp3) is 0.867. The highest BCUT2D eigenvalue weighted by Crippen LogP contribution is 2.29. The Hall–Kier alpha value is -0.990. The van der Waals surface area contributed by atoms with E-state index in [1.165, 1.54) is 0 Å². The number of thioether (sulfide) groups is 2. The number of halogens is 1. The average molecular weight is 473 g/mol. The number of nitrogens with two attached hydrogens (primary N) is 1. The van der Waals surface area contributed by atoms with Gasteiger partial charge >= 0.3 is 0 Å². The fourth-order valence-electron chi connectivity index (χ4n) is 3.49. The minimum absolute atomic E-state index is 0. The second-order valence-electron chi connectivity index (χ2n) is 6.80. The predicted octanol–water partition coefficient (Wildman–Crippen LogP) is -5.28. The quantitative estimate of drug-likeness (QED) is 0.221. The van der Waals surface area contributed by atoms with Crippen molar-refractivity contribution in [3.63, 3.8) is 0 Å². The Balaban J connectivity index is 0.00000300. The molecule has 0 spiro atoms. The molecular formula is C15H25ClN4O7S2. The number of ether oxygens (including phenoxy) is 2. The number of amides is 2. The maximum absolute atomic E-state index is 12.8. The summed E-state index contributed by atoms with van der Waals surface area (Å²) < 4.78 is 11.1. The zero-order chi connectivity index (χ0) is 20.1. The topological polar surface area (TPSA) is 146 Å². The standard InChI is InChI=1S/C15H24N4O7S2.ClH/c1-27-3-2-8(17-15(21)10-6-28-7-16-10)14(20)18-9-4-24-13-11(26-19(22)23)5-25-12(9)13;/h8-13,16H,2-7H2,1H3,(H,17,21)(H,18,20);1H/t8-,9+,10+,11+,12-,13-;/m1./s1. The van der Waals surface area contributed by atoms with Gasteiger partial charge in [-0.25, -0.2) is 0 Å². The van der Waals surface area contributed by atoms with Crippen molar-refractivity contribution in [3.05, 3.63) is 10.1 Å². The number of carbonyl (C=O) groups excluding carboxylic acids is 2. The molecule has 4 N–H and O–H groups in total. The predicted molar refractivity (Wildman–Crippen MR) is 101 cm³/mol. The SMILES string of the molecule is CSCC[C@@H](NC(=O)[C@@H]1CSC[NH2+]1)C(=O)N[C@H]1CO[C@H]2[C@@H]1OC[C@@H]2O[N+](=O)[O-].[Cl-]. The van der Waals surface area contributed by atoms with Crippen LogP contribution >= 0.6 is 23.5 Å². The normalized spacial score (nSPS) is 31.4. The van der Waals surface area contributed by atoms with Gasteiger partial charge in [0, 0.05) is 0 Å². The maximum Gasteiger partial charge on any atom is 0.294 e. The summed E-state index contributed by atoms with van der Waals surface area (Å²) in [6, 6.07) is -1.27. The molecule has 0 radical (unpaired) electrons. The molecule has 0 unspecified atom stereocenters. The van der Waals surface area contributed by atoms with E-state index in [4.69, 9.17) is 9.47 Å². The molecule has 3 aliphatic heterocycles. The summed E-state index contributed by atoms with van der Waals surface area (Å²) in [4.78, 5) is 40.4. The van der Waals surface area contributed by atoms with E-state index in [9.17, 15) is 19.7 Å². The van der Waals surface area contributed by atoms with Crippen LogP contribution in [0.3, 0.4) is 0 Å². The first-order chi connectivity index (χ1) is 13.5. The van der Waals surface area contributed by atoms with Crippen LogP contribution in [0.2, 0.25) is 0 Å². The molecule has 0 aromatic heterocycles. The number of rotatable bonds is 9. The summed E-state index contributed by atoms with van der Waals surface area (Å²) in [5.74, 6) is 1.86. The smallest absolute Gasteiger partial charge is 0.294 e. The van der Waals surface area contributed by atoms with Crippen molar-refractivity contribution in [2.75, 3.05) is 36.9 Å². The van der Waals surface area contributed by atoms with E-state index in [0.29, 0.717) is 6.42 Å². The van der Waals surface area contributed by atoms with E-state index in [2.05, 4.69) is 15.5 Å². The third-order valence-corrected chi connectivity index (χ3v) is 6.60. The van der Waals surface area contributed by atoms with Crippen LogP contribution in [0.15, 0.2) is 0 Å². The van der Waals surface area contributed by atoms with Gasteiger partial charge in [0.2, 0.25) is 5.91 Å². The number of carbonyl (C=O) groups is 2. The molecule has 2 amide bonds. The van der Waals surface area contributed by atoms with Gasteiger partial charge in [0.05, 0.1) is 25.0 Å². The Bertz CT molecular complexity index is 599. The van der Waals surface area contributed by atoms with Gasteiger partial charge in [-0.15, -0.1) is 10.1 Å². The van der Waals surface area contributed by atoms with Crippen LogP contribution in [-0.2, 0) is 23.9 Å². The number of hydrogen-bond donors (Lipinski definition) is 3.